The quantitative estimate of drug-likeness (QED) is 0.0755. The minimum absolute atomic E-state index is 0.345. The van der Waals surface area contributed by atoms with E-state index in [9.17, 15) is 9.59 Å². The number of unbranched alkanes of at least 4 members (excludes halogenated alkanes) is 29. The van der Waals surface area contributed by atoms with Crippen LogP contribution in [0.2, 0.25) is 0 Å². The molecule has 0 aromatic rings. The maximum Gasteiger partial charge on any atom is 0.303 e. The van der Waals surface area contributed by atoms with Crippen LogP contribution in [0, 0.1) is 0 Å². The average molecular weight is 583 g/mol. The number of rotatable bonds is 33. The van der Waals surface area contributed by atoms with Gasteiger partial charge in [-0.05, 0) is 12.8 Å². The number of hydrogen-bond donors (Lipinski definition) is 2. The smallest absolute Gasteiger partial charge is 0.303 e. The van der Waals surface area contributed by atoms with Crippen molar-refractivity contribution in [3.05, 3.63) is 0 Å². The standard InChI is InChI=1S/C19H38O2.C18H36O2/c1-2-3-4-5-6-7-8-9-10-11-12-13-14-15-16-17-18-19(20)21;1-2-3-4-5-6-7-8-9-10-11-12-13-14-15-16-17-18(19)20/h2-18H2,1H3,(H,20,21);2-17H2,1H3,(H,19,20). The second kappa shape index (κ2) is 38.9. The molecule has 0 amide bonds. The molecule has 0 heterocycles. The normalized spacial score (nSPS) is 10.9. The van der Waals surface area contributed by atoms with Crippen molar-refractivity contribution in [2.75, 3.05) is 0 Å². The van der Waals surface area contributed by atoms with E-state index >= 15 is 0 Å². The van der Waals surface area contributed by atoms with E-state index in [-0.39, 0.29) is 0 Å². The van der Waals surface area contributed by atoms with E-state index in [0.29, 0.717) is 12.8 Å². The van der Waals surface area contributed by atoms with Gasteiger partial charge in [0, 0.05) is 12.8 Å². The van der Waals surface area contributed by atoms with Crippen molar-refractivity contribution >= 4 is 11.9 Å². The van der Waals surface area contributed by atoms with Crippen LogP contribution in [0.15, 0.2) is 0 Å². The first-order valence-corrected chi connectivity index (χ1v) is 18.5. The van der Waals surface area contributed by atoms with Crippen LogP contribution in [-0.4, -0.2) is 22.2 Å². The van der Waals surface area contributed by atoms with E-state index in [1.54, 1.807) is 0 Å². The van der Waals surface area contributed by atoms with Gasteiger partial charge in [-0.25, -0.2) is 0 Å². The molecule has 0 atom stereocenters. The maximum absolute atomic E-state index is 10.3. The Bertz CT molecular complexity index is 505. The molecule has 41 heavy (non-hydrogen) atoms. The first kappa shape index (κ1) is 42.1. The molecule has 0 aliphatic heterocycles. The van der Waals surface area contributed by atoms with Gasteiger partial charge in [-0.1, -0.05) is 200 Å². The summed E-state index contributed by atoms with van der Waals surface area (Å²) in [6.45, 7) is 4.54. The topological polar surface area (TPSA) is 74.6 Å². The highest BCUT2D eigenvalue weighted by Gasteiger charge is 1.98. The second-order valence-corrected chi connectivity index (χ2v) is 12.5. The molecule has 0 aromatic carbocycles. The molecule has 0 spiro atoms. The summed E-state index contributed by atoms with van der Waals surface area (Å²) in [7, 11) is 0. The van der Waals surface area contributed by atoms with Crippen LogP contribution in [0.1, 0.15) is 226 Å². The van der Waals surface area contributed by atoms with E-state index in [1.165, 1.54) is 173 Å². The molecule has 0 saturated heterocycles. The highest BCUT2D eigenvalue weighted by atomic mass is 16.4. The lowest BCUT2D eigenvalue weighted by Crippen LogP contribution is -1.93. The van der Waals surface area contributed by atoms with Gasteiger partial charge in [0.1, 0.15) is 0 Å². The summed E-state index contributed by atoms with van der Waals surface area (Å²) in [5.74, 6) is -1.31. The van der Waals surface area contributed by atoms with Gasteiger partial charge < -0.3 is 10.2 Å². The molecular formula is C37H74O4. The third-order valence-electron chi connectivity index (χ3n) is 8.24. The molecule has 0 aliphatic carbocycles. The third kappa shape index (κ3) is 46.1. The monoisotopic (exact) mass is 583 g/mol. The van der Waals surface area contributed by atoms with Gasteiger partial charge in [0.25, 0.3) is 0 Å². The van der Waals surface area contributed by atoms with Crippen molar-refractivity contribution in [2.24, 2.45) is 0 Å². The zero-order valence-electron chi connectivity index (χ0n) is 28.0. The van der Waals surface area contributed by atoms with Crippen molar-refractivity contribution in [2.45, 2.75) is 226 Å². The van der Waals surface area contributed by atoms with Crippen LogP contribution in [-0.2, 0) is 9.59 Å². The van der Waals surface area contributed by atoms with E-state index in [4.69, 9.17) is 10.2 Å². The van der Waals surface area contributed by atoms with Gasteiger partial charge in [0.05, 0.1) is 0 Å². The fourth-order valence-electron chi connectivity index (χ4n) is 5.47. The molecule has 0 aliphatic rings. The molecule has 4 heteroatoms. The Labute approximate surface area is 257 Å². The summed E-state index contributed by atoms with van der Waals surface area (Å²) in [5, 5.41) is 17.0. The van der Waals surface area contributed by atoms with E-state index in [0.717, 1.165) is 25.7 Å². The number of carbonyl (C=O) groups is 2. The zero-order chi connectivity index (χ0) is 30.5. The van der Waals surface area contributed by atoms with E-state index in [2.05, 4.69) is 13.8 Å². The first-order chi connectivity index (χ1) is 20.0. The summed E-state index contributed by atoms with van der Waals surface area (Å²) in [6.07, 6.45) is 41.9. The van der Waals surface area contributed by atoms with Crippen LogP contribution in [0.4, 0.5) is 0 Å². The highest BCUT2D eigenvalue weighted by molar-refractivity contribution is 5.66. The van der Waals surface area contributed by atoms with Gasteiger partial charge in [-0.2, -0.15) is 0 Å². The second-order valence-electron chi connectivity index (χ2n) is 12.5. The van der Waals surface area contributed by atoms with Crippen molar-refractivity contribution in [3.63, 3.8) is 0 Å². The van der Waals surface area contributed by atoms with Crippen LogP contribution in [0.5, 0.6) is 0 Å². The lowest BCUT2D eigenvalue weighted by Gasteiger charge is -2.03. The Kier molecular flexibility index (Phi) is 40.0. The Hall–Kier alpha value is -1.06. The van der Waals surface area contributed by atoms with Gasteiger partial charge in [0.2, 0.25) is 0 Å². The zero-order valence-corrected chi connectivity index (χ0v) is 28.0. The Morgan fingerprint density at radius 1 is 0.293 bits per heavy atom. The van der Waals surface area contributed by atoms with E-state index < -0.39 is 11.9 Å². The summed E-state index contributed by atoms with van der Waals surface area (Å²) < 4.78 is 0. The molecule has 0 bridgehead atoms. The molecule has 0 fully saturated rings. The Morgan fingerprint density at radius 3 is 0.585 bits per heavy atom. The van der Waals surface area contributed by atoms with Crippen molar-refractivity contribution in [1.29, 1.82) is 0 Å². The SMILES string of the molecule is CCCCCCCCCCCCCCCCCC(=O)O.CCCCCCCCCCCCCCCCCCC(=O)O. The molecule has 0 radical (unpaired) electrons. The number of hydrogen-bond acceptors (Lipinski definition) is 2. The molecule has 2 N–H and O–H groups in total. The van der Waals surface area contributed by atoms with Crippen LogP contribution in [0.3, 0.4) is 0 Å². The van der Waals surface area contributed by atoms with Crippen molar-refractivity contribution < 1.29 is 19.8 Å². The first-order valence-electron chi connectivity index (χ1n) is 18.5. The molecule has 246 valence electrons. The van der Waals surface area contributed by atoms with Crippen LogP contribution >= 0.6 is 0 Å². The fraction of sp³-hybridized carbons (Fsp3) is 0.946. The minimum atomic E-state index is -0.653. The number of carboxylic acids is 2. The van der Waals surface area contributed by atoms with Gasteiger partial charge in [-0.3, -0.25) is 9.59 Å². The van der Waals surface area contributed by atoms with Crippen molar-refractivity contribution in [3.8, 4) is 0 Å². The summed E-state index contributed by atoms with van der Waals surface area (Å²) in [6, 6.07) is 0. The Morgan fingerprint density at radius 2 is 0.439 bits per heavy atom. The highest BCUT2D eigenvalue weighted by Crippen LogP contribution is 2.15. The molecule has 0 unspecified atom stereocenters. The molecule has 4 nitrogen and oxygen atoms in total. The molecule has 0 saturated carbocycles. The largest absolute Gasteiger partial charge is 0.481 e. The van der Waals surface area contributed by atoms with Crippen LogP contribution in [0.25, 0.3) is 0 Å². The van der Waals surface area contributed by atoms with E-state index in [1.807, 2.05) is 0 Å². The van der Waals surface area contributed by atoms with Gasteiger partial charge in [0.15, 0.2) is 0 Å². The average Bonchev–Trinajstić information content (AvgIpc) is 2.95. The predicted molar refractivity (Wildman–Crippen MR) is 179 cm³/mol. The lowest BCUT2D eigenvalue weighted by atomic mass is 10.0. The summed E-state index contributed by atoms with van der Waals surface area (Å²) >= 11 is 0. The predicted octanol–water partition coefficient (Wildman–Crippen LogP) is 13.1. The Balaban J connectivity index is 0. The number of carboxylic acid groups (broad SMARTS) is 2. The van der Waals surface area contributed by atoms with Gasteiger partial charge in [-0.15, -0.1) is 0 Å². The van der Waals surface area contributed by atoms with Crippen molar-refractivity contribution in [1.82, 2.24) is 0 Å². The molecular weight excluding hydrogens is 508 g/mol. The number of aliphatic carboxylic acids is 2. The fourth-order valence-corrected chi connectivity index (χ4v) is 5.47. The van der Waals surface area contributed by atoms with Gasteiger partial charge >= 0.3 is 11.9 Å². The van der Waals surface area contributed by atoms with Crippen LogP contribution < -0.4 is 0 Å². The summed E-state index contributed by atoms with van der Waals surface area (Å²) in [5.41, 5.74) is 0. The maximum atomic E-state index is 10.3. The minimum Gasteiger partial charge on any atom is -0.481 e. The lowest BCUT2D eigenvalue weighted by molar-refractivity contribution is -0.138. The molecule has 0 aromatic heterocycles. The third-order valence-corrected chi connectivity index (χ3v) is 8.24. The summed E-state index contributed by atoms with van der Waals surface area (Å²) in [4.78, 5) is 20.7. The molecule has 0 rings (SSSR count).